The maximum Gasteiger partial charge on any atom is 0.222 e. The summed E-state index contributed by atoms with van der Waals surface area (Å²) in [5, 5.41) is 11.5. The highest BCUT2D eigenvalue weighted by Crippen LogP contribution is 1.99. The Bertz CT molecular complexity index is 325. The molecule has 0 aliphatic carbocycles. The molecule has 2 N–H and O–H groups in total. The van der Waals surface area contributed by atoms with Crippen molar-refractivity contribution in [1.82, 2.24) is 15.1 Å². The average molecular weight is 361 g/mol. The van der Waals surface area contributed by atoms with Gasteiger partial charge in [0.05, 0.1) is 46.2 Å². The van der Waals surface area contributed by atoms with Gasteiger partial charge in [0, 0.05) is 45.7 Å². The number of rotatable bonds is 15. The first-order valence-electron chi connectivity index (χ1n) is 9.31. The van der Waals surface area contributed by atoms with E-state index in [4.69, 9.17) is 19.3 Å². The second-order valence-corrected chi connectivity index (χ2v) is 5.94. The highest BCUT2D eigenvalue weighted by molar-refractivity contribution is 5.75. The molecule has 148 valence electrons. The fraction of sp³-hybridized carbons (Fsp3) is 0.941. The summed E-state index contributed by atoms with van der Waals surface area (Å²) < 4.78 is 15.7. The third kappa shape index (κ3) is 12.3. The van der Waals surface area contributed by atoms with Crippen LogP contribution in [0.25, 0.3) is 0 Å². The molecule has 0 aromatic carbocycles. The van der Waals surface area contributed by atoms with Gasteiger partial charge in [0.2, 0.25) is 5.91 Å². The van der Waals surface area contributed by atoms with Crippen molar-refractivity contribution in [2.75, 3.05) is 92.1 Å². The number of aliphatic hydroxyl groups excluding tert-OH is 1. The fourth-order valence-electron chi connectivity index (χ4n) is 2.54. The van der Waals surface area contributed by atoms with Gasteiger partial charge in [0.1, 0.15) is 0 Å². The molecule has 8 heteroatoms. The lowest BCUT2D eigenvalue weighted by Crippen LogP contribution is -2.48. The zero-order chi connectivity index (χ0) is 18.2. The normalized spacial score (nSPS) is 16.2. The van der Waals surface area contributed by atoms with Crippen LogP contribution < -0.4 is 5.32 Å². The van der Waals surface area contributed by atoms with E-state index in [2.05, 4.69) is 22.0 Å². The third-order valence-corrected chi connectivity index (χ3v) is 4.12. The van der Waals surface area contributed by atoms with E-state index in [9.17, 15) is 4.79 Å². The molecule has 1 heterocycles. The molecular formula is C17H35N3O5. The first kappa shape index (κ1) is 22.3. The van der Waals surface area contributed by atoms with Crippen LogP contribution in [0.1, 0.15) is 13.3 Å². The Morgan fingerprint density at radius 1 is 0.920 bits per heavy atom. The van der Waals surface area contributed by atoms with E-state index in [1.165, 1.54) is 0 Å². The van der Waals surface area contributed by atoms with Crippen LogP contribution in [0.15, 0.2) is 0 Å². The summed E-state index contributed by atoms with van der Waals surface area (Å²) >= 11 is 0. The highest BCUT2D eigenvalue weighted by atomic mass is 16.5. The number of aliphatic hydroxyl groups is 1. The summed E-state index contributed by atoms with van der Waals surface area (Å²) in [6.07, 6.45) is 0.378. The molecule has 0 atom stereocenters. The smallest absolute Gasteiger partial charge is 0.222 e. The number of likely N-dealkylation sites (N-methyl/N-ethyl adjacent to an activating group) is 1. The monoisotopic (exact) mass is 361 g/mol. The maximum atomic E-state index is 11.7. The Balaban J connectivity index is 1.83. The Hall–Kier alpha value is -0.770. The van der Waals surface area contributed by atoms with Crippen molar-refractivity contribution in [2.24, 2.45) is 0 Å². The molecule has 1 fully saturated rings. The minimum atomic E-state index is 0.0284. The summed E-state index contributed by atoms with van der Waals surface area (Å²) in [5.74, 6) is 0.0329. The third-order valence-electron chi connectivity index (χ3n) is 4.12. The Morgan fingerprint density at radius 2 is 1.48 bits per heavy atom. The largest absolute Gasteiger partial charge is 0.394 e. The van der Waals surface area contributed by atoms with Gasteiger partial charge in [-0.1, -0.05) is 6.92 Å². The molecule has 1 aliphatic heterocycles. The summed E-state index contributed by atoms with van der Waals surface area (Å²) in [7, 11) is 0. The van der Waals surface area contributed by atoms with E-state index in [0.29, 0.717) is 52.6 Å². The van der Waals surface area contributed by atoms with Gasteiger partial charge in [-0.15, -0.1) is 0 Å². The summed E-state index contributed by atoms with van der Waals surface area (Å²) in [5.41, 5.74) is 0. The molecule has 0 saturated carbocycles. The van der Waals surface area contributed by atoms with Crippen molar-refractivity contribution in [2.45, 2.75) is 13.3 Å². The number of nitrogens with one attached hydrogen (secondary N) is 1. The van der Waals surface area contributed by atoms with Crippen LogP contribution in [0.4, 0.5) is 0 Å². The Kier molecular flexibility index (Phi) is 13.8. The lowest BCUT2D eigenvalue weighted by Gasteiger charge is -2.33. The standard InChI is InChI=1S/C17H35N3O5/c1-2-19-6-8-20(9-7-19)5-4-18-17(22)3-11-23-13-15-25-16-14-24-12-10-21/h21H,2-16H2,1H3,(H,18,22). The van der Waals surface area contributed by atoms with E-state index in [0.717, 1.165) is 39.3 Å². The quantitative estimate of drug-likeness (QED) is 0.369. The van der Waals surface area contributed by atoms with Gasteiger partial charge in [0.15, 0.2) is 0 Å². The van der Waals surface area contributed by atoms with E-state index >= 15 is 0 Å². The van der Waals surface area contributed by atoms with Crippen molar-refractivity contribution in [1.29, 1.82) is 0 Å². The van der Waals surface area contributed by atoms with Gasteiger partial charge in [-0.05, 0) is 6.54 Å². The van der Waals surface area contributed by atoms with E-state index < -0.39 is 0 Å². The first-order chi connectivity index (χ1) is 12.3. The molecule has 25 heavy (non-hydrogen) atoms. The van der Waals surface area contributed by atoms with Gasteiger partial charge in [-0.2, -0.15) is 0 Å². The molecule has 1 amide bonds. The molecule has 8 nitrogen and oxygen atoms in total. The molecule has 0 unspecified atom stereocenters. The number of carbonyl (C=O) groups excluding carboxylic acids is 1. The molecule has 0 aromatic heterocycles. The van der Waals surface area contributed by atoms with E-state index in [1.807, 2.05) is 0 Å². The Labute approximate surface area is 151 Å². The minimum absolute atomic E-state index is 0.0284. The summed E-state index contributed by atoms with van der Waals surface area (Å²) in [6.45, 7) is 12.0. The van der Waals surface area contributed by atoms with Crippen LogP contribution in [0.3, 0.4) is 0 Å². The van der Waals surface area contributed by atoms with Crippen molar-refractivity contribution in [3.63, 3.8) is 0 Å². The molecule has 0 spiro atoms. The second-order valence-electron chi connectivity index (χ2n) is 5.94. The van der Waals surface area contributed by atoms with Gasteiger partial charge < -0.3 is 29.5 Å². The van der Waals surface area contributed by atoms with Crippen molar-refractivity contribution < 1.29 is 24.1 Å². The predicted octanol–water partition coefficient (Wildman–Crippen LogP) is -0.828. The second kappa shape index (κ2) is 15.5. The lowest BCUT2D eigenvalue weighted by molar-refractivity contribution is -0.122. The number of nitrogens with zero attached hydrogens (tertiary/aromatic N) is 2. The van der Waals surface area contributed by atoms with Crippen molar-refractivity contribution in [3.8, 4) is 0 Å². The number of hydrogen-bond donors (Lipinski definition) is 2. The van der Waals surface area contributed by atoms with Crippen LogP contribution in [-0.2, 0) is 19.0 Å². The molecule has 1 saturated heterocycles. The highest BCUT2D eigenvalue weighted by Gasteiger charge is 2.14. The number of ether oxygens (including phenoxy) is 3. The van der Waals surface area contributed by atoms with Crippen molar-refractivity contribution in [3.05, 3.63) is 0 Å². The van der Waals surface area contributed by atoms with Gasteiger partial charge >= 0.3 is 0 Å². The van der Waals surface area contributed by atoms with Crippen LogP contribution >= 0.6 is 0 Å². The first-order valence-corrected chi connectivity index (χ1v) is 9.31. The van der Waals surface area contributed by atoms with Gasteiger partial charge in [0.25, 0.3) is 0 Å². The summed E-state index contributed by atoms with van der Waals surface area (Å²) in [6, 6.07) is 0. The number of amides is 1. The van der Waals surface area contributed by atoms with Crippen LogP contribution in [0, 0.1) is 0 Å². The maximum absolute atomic E-state index is 11.7. The SMILES string of the molecule is CCN1CCN(CCNC(=O)CCOCCOCCOCCO)CC1. The van der Waals surface area contributed by atoms with Crippen LogP contribution in [-0.4, -0.2) is 113 Å². The zero-order valence-electron chi connectivity index (χ0n) is 15.6. The van der Waals surface area contributed by atoms with E-state index in [1.54, 1.807) is 0 Å². The minimum Gasteiger partial charge on any atom is -0.394 e. The topological polar surface area (TPSA) is 83.5 Å². The molecule has 0 aromatic rings. The van der Waals surface area contributed by atoms with Crippen LogP contribution in [0.2, 0.25) is 0 Å². The van der Waals surface area contributed by atoms with Gasteiger partial charge in [-0.3, -0.25) is 9.69 Å². The van der Waals surface area contributed by atoms with E-state index in [-0.39, 0.29) is 12.5 Å². The van der Waals surface area contributed by atoms with Gasteiger partial charge in [-0.25, -0.2) is 0 Å². The Morgan fingerprint density at radius 3 is 2.08 bits per heavy atom. The molecule has 1 aliphatic rings. The van der Waals surface area contributed by atoms with Crippen molar-refractivity contribution >= 4 is 5.91 Å². The number of hydrogen-bond acceptors (Lipinski definition) is 7. The molecule has 1 rings (SSSR count). The van der Waals surface area contributed by atoms with Crippen LogP contribution in [0.5, 0.6) is 0 Å². The fourth-order valence-corrected chi connectivity index (χ4v) is 2.54. The zero-order valence-corrected chi connectivity index (χ0v) is 15.6. The number of piperazine rings is 1. The molecular weight excluding hydrogens is 326 g/mol. The average Bonchev–Trinajstić information content (AvgIpc) is 2.64. The molecule has 0 radical (unpaired) electrons. The summed E-state index contributed by atoms with van der Waals surface area (Å²) in [4.78, 5) is 16.6. The predicted molar refractivity (Wildman–Crippen MR) is 95.7 cm³/mol. The molecule has 0 bridgehead atoms. The number of carbonyl (C=O) groups is 1. The lowest BCUT2D eigenvalue weighted by atomic mass is 10.3.